The molecular formula is C22H18Cl2F2N4O6S. The van der Waals surface area contributed by atoms with Gasteiger partial charge in [-0.25, -0.2) is 22.0 Å². The predicted octanol–water partition coefficient (Wildman–Crippen LogP) is 3.98. The molecule has 0 atom stereocenters. The zero-order valence-corrected chi connectivity index (χ0v) is 21.0. The van der Waals surface area contributed by atoms with Crippen molar-refractivity contribution in [3.8, 4) is 22.9 Å². The van der Waals surface area contributed by atoms with E-state index in [1.54, 1.807) is 4.98 Å². The first-order chi connectivity index (χ1) is 17.5. The van der Waals surface area contributed by atoms with Gasteiger partial charge in [0.05, 0.1) is 15.7 Å². The number of H-pyrrole nitrogens is 1. The molecule has 0 bridgehead atoms. The molecule has 0 spiro atoms. The number of sulfonamides is 1. The van der Waals surface area contributed by atoms with E-state index in [0.29, 0.717) is 4.68 Å². The molecule has 5 rings (SSSR count). The van der Waals surface area contributed by atoms with E-state index in [1.807, 2.05) is 0 Å². The van der Waals surface area contributed by atoms with Crippen molar-refractivity contribution in [2.45, 2.75) is 49.1 Å². The summed E-state index contributed by atoms with van der Waals surface area (Å²) in [4.78, 5) is 25.1. The number of benzene rings is 2. The number of aromatic hydroxyl groups is 1. The second kappa shape index (κ2) is 9.39. The Labute approximate surface area is 218 Å². The lowest BCUT2D eigenvalue weighted by Gasteiger charge is -2.22. The van der Waals surface area contributed by atoms with Gasteiger partial charge in [0.2, 0.25) is 10.0 Å². The van der Waals surface area contributed by atoms with Crippen LogP contribution in [0.15, 0.2) is 44.8 Å². The van der Waals surface area contributed by atoms with Crippen LogP contribution < -0.4 is 16.0 Å². The largest absolute Gasteiger partial charge is 0.507 e. The second-order valence-corrected chi connectivity index (χ2v) is 11.3. The van der Waals surface area contributed by atoms with Crippen LogP contribution in [-0.4, -0.2) is 44.7 Å². The summed E-state index contributed by atoms with van der Waals surface area (Å²) in [5, 5.41) is 13.4. The first kappa shape index (κ1) is 25.6. The number of aromatic nitrogens is 3. The Bertz CT molecular complexity index is 1590. The third kappa shape index (κ3) is 4.96. The molecule has 1 heterocycles. The number of hydrogen-bond donors (Lipinski definition) is 2. The number of aromatic amines is 1. The molecule has 0 radical (unpaired) electrons. The van der Waals surface area contributed by atoms with Crippen molar-refractivity contribution in [2.75, 3.05) is 0 Å². The molecule has 0 aliphatic heterocycles. The van der Waals surface area contributed by atoms with E-state index < -0.39 is 39.1 Å². The van der Waals surface area contributed by atoms with Crippen LogP contribution >= 0.6 is 23.2 Å². The standard InChI is InChI=1S/C22H18Cl2F2N4O6S/c23-14-7-12(29-22(33)27-21(32)18(28-29)20(25)26)8-15(24)19(14)36-13-5-6-16(31)17(9-13)37(34,35)30(10-1-2-10)11-3-4-11/h5-11,20,31H,1-4H2,(H,27,32,33). The molecule has 0 saturated heterocycles. The molecule has 15 heteroatoms. The van der Waals surface area contributed by atoms with Crippen molar-refractivity contribution >= 4 is 33.2 Å². The number of halogens is 4. The van der Waals surface area contributed by atoms with Gasteiger partial charge in [-0.05, 0) is 49.9 Å². The first-order valence-corrected chi connectivity index (χ1v) is 13.2. The molecule has 10 nitrogen and oxygen atoms in total. The number of hydrogen-bond acceptors (Lipinski definition) is 7. The molecule has 2 fully saturated rings. The molecule has 2 N–H and O–H groups in total. The average molecular weight is 575 g/mol. The van der Waals surface area contributed by atoms with Crippen LogP contribution in [0.25, 0.3) is 5.69 Å². The fourth-order valence-corrected chi connectivity index (χ4v) is 6.43. The molecule has 0 unspecified atom stereocenters. The summed E-state index contributed by atoms with van der Waals surface area (Å²) in [6, 6.07) is 5.76. The first-order valence-electron chi connectivity index (χ1n) is 11.0. The van der Waals surface area contributed by atoms with E-state index in [4.69, 9.17) is 27.9 Å². The van der Waals surface area contributed by atoms with Crippen LogP contribution in [0.3, 0.4) is 0 Å². The Morgan fingerprint density at radius 2 is 1.68 bits per heavy atom. The Balaban J connectivity index is 1.49. The van der Waals surface area contributed by atoms with Gasteiger partial charge < -0.3 is 9.84 Å². The highest BCUT2D eigenvalue weighted by Gasteiger charge is 2.47. The molecule has 1 aromatic heterocycles. The van der Waals surface area contributed by atoms with Gasteiger partial charge in [0, 0.05) is 18.2 Å². The summed E-state index contributed by atoms with van der Waals surface area (Å²) in [7, 11) is -4.00. The fraction of sp³-hybridized carbons (Fsp3) is 0.318. The van der Waals surface area contributed by atoms with Crippen LogP contribution in [0.4, 0.5) is 8.78 Å². The molecule has 196 valence electrons. The summed E-state index contributed by atoms with van der Waals surface area (Å²) < 4.78 is 60.5. The monoisotopic (exact) mass is 574 g/mol. The van der Waals surface area contributed by atoms with Crippen molar-refractivity contribution in [1.82, 2.24) is 19.1 Å². The number of nitrogens with one attached hydrogen (secondary N) is 1. The van der Waals surface area contributed by atoms with Crippen molar-refractivity contribution in [1.29, 1.82) is 0 Å². The van der Waals surface area contributed by atoms with E-state index >= 15 is 0 Å². The van der Waals surface area contributed by atoms with Crippen LogP contribution in [-0.2, 0) is 10.0 Å². The molecule has 0 amide bonds. The van der Waals surface area contributed by atoms with Crippen molar-refractivity contribution in [2.24, 2.45) is 0 Å². The Morgan fingerprint density at radius 1 is 1.08 bits per heavy atom. The van der Waals surface area contributed by atoms with Crippen LogP contribution in [0.5, 0.6) is 17.2 Å². The van der Waals surface area contributed by atoms with Gasteiger partial charge in [-0.3, -0.25) is 9.78 Å². The van der Waals surface area contributed by atoms with E-state index in [1.165, 1.54) is 16.4 Å². The van der Waals surface area contributed by atoms with E-state index in [0.717, 1.165) is 43.9 Å². The van der Waals surface area contributed by atoms with Crippen molar-refractivity contribution in [3.63, 3.8) is 0 Å². The maximum atomic E-state index is 13.3. The maximum absolute atomic E-state index is 13.3. The normalized spacial score (nSPS) is 15.9. The zero-order valence-electron chi connectivity index (χ0n) is 18.7. The summed E-state index contributed by atoms with van der Waals surface area (Å²) in [5.41, 5.74) is -3.73. The molecular weight excluding hydrogens is 557 g/mol. The minimum Gasteiger partial charge on any atom is -0.507 e. The van der Waals surface area contributed by atoms with Crippen molar-refractivity contribution in [3.05, 3.63) is 66.9 Å². The molecule has 3 aromatic rings. The number of ether oxygens (including phenoxy) is 1. The third-order valence-corrected chi connectivity index (χ3v) is 8.40. The van der Waals surface area contributed by atoms with E-state index in [-0.39, 0.29) is 44.2 Å². The van der Waals surface area contributed by atoms with Crippen LogP contribution in [0.1, 0.15) is 37.8 Å². The van der Waals surface area contributed by atoms with E-state index in [9.17, 15) is 31.9 Å². The predicted molar refractivity (Wildman–Crippen MR) is 129 cm³/mol. The van der Waals surface area contributed by atoms with Gasteiger partial charge in [0.15, 0.2) is 11.4 Å². The highest BCUT2D eigenvalue weighted by atomic mass is 35.5. The smallest absolute Gasteiger partial charge is 0.349 e. The third-order valence-electron chi connectivity index (χ3n) is 5.81. The molecule has 2 aliphatic rings. The number of nitrogens with zero attached hydrogens (tertiary/aromatic N) is 3. The van der Waals surface area contributed by atoms with Gasteiger partial charge >= 0.3 is 5.69 Å². The van der Waals surface area contributed by atoms with Gasteiger partial charge in [-0.15, -0.1) is 0 Å². The summed E-state index contributed by atoms with van der Waals surface area (Å²) >= 11 is 12.6. The maximum Gasteiger partial charge on any atom is 0.349 e. The highest BCUT2D eigenvalue weighted by Crippen LogP contribution is 2.44. The van der Waals surface area contributed by atoms with Gasteiger partial charge in [-0.2, -0.15) is 14.1 Å². The van der Waals surface area contributed by atoms with Crippen LogP contribution in [0, 0.1) is 0 Å². The highest BCUT2D eigenvalue weighted by molar-refractivity contribution is 7.89. The SMILES string of the molecule is O=c1[nH]c(=O)n(-c2cc(Cl)c(Oc3ccc(O)c(S(=O)(=O)N(C4CC4)C4CC4)c3)c(Cl)c2)nc1C(F)F. The number of phenolic OH excluding ortho intramolecular Hbond substituents is 1. The summed E-state index contributed by atoms with van der Waals surface area (Å²) in [6.45, 7) is 0. The topological polar surface area (TPSA) is 135 Å². The minimum atomic E-state index is -4.00. The minimum absolute atomic E-state index is 0.00112. The average Bonchev–Trinajstić information content (AvgIpc) is 3.73. The number of alkyl halides is 2. The van der Waals surface area contributed by atoms with Crippen molar-refractivity contribution < 1.29 is 27.0 Å². The molecule has 37 heavy (non-hydrogen) atoms. The Kier molecular flexibility index (Phi) is 6.51. The summed E-state index contributed by atoms with van der Waals surface area (Å²) in [5.74, 6) is -0.572. The van der Waals surface area contributed by atoms with Gasteiger partial charge in [0.1, 0.15) is 16.4 Å². The Morgan fingerprint density at radius 3 is 2.22 bits per heavy atom. The molecule has 2 aromatic carbocycles. The zero-order chi connectivity index (χ0) is 26.6. The van der Waals surface area contributed by atoms with E-state index in [2.05, 4.69) is 5.10 Å². The number of rotatable bonds is 8. The summed E-state index contributed by atoms with van der Waals surface area (Å²) in [6.07, 6.45) is -0.195. The lowest BCUT2D eigenvalue weighted by atomic mass is 10.3. The van der Waals surface area contributed by atoms with Crippen LogP contribution in [0.2, 0.25) is 10.0 Å². The van der Waals surface area contributed by atoms with Gasteiger partial charge in [0.25, 0.3) is 12.0 Å². The lowest BCUT2D eigenvalue weighted by molar-refractivity contribution is 0.141. The fourth-order valence-electron chi connectivity index (χ4n) is 3.84. The quantitative estimate of drug-likeness (QED) is 0.415. The van der Waals surface area contributed by atoms with Gasteiger partial charge in [-0.1, -0.05) is 23.2 Å². The number of phenols is 1. The lowest BCUT2D eigenvalue weighted by Crippen LogP contribution is -2.35. The second-order valence-electron chi connectivity index (χ2n) is 8.62. The Hall–Kier alpha value is -3.00. The molecule has 2 saturated carbocycles. The molecule has 2 aliphatic carbocycles.